The van der Waals surface area contributed by atoms with Gasteiger partial charge in [0.25, 0.3) is 5.92 Å². The van der Waals surface area contributed by atoms with Crippen LogP contribution in [0.1, 0.15) is 17.7 Å². The highest BCUT2D eigenvalue weighted by atomic mass is 35.5. The lowest BCUT2D eigenvalue weighted by Gasteiger charge is -2.11. The Balaban J connectivity index is 0.00000261. The molecule has 1 aromatic carbocycles. The van der Waals surface area contributed by atoms with Gasteiger partial charge in [-0.1, -0.05) is 12.1 Å². The summed E-state index contributed by atoms with van der Waals surface area (Å²) < 4.78 is 64.9. The Morgan fingerprint density at radius 1 is 1.26 bits per heavy atom. The van der Waals surface area contributed by atoms with Crippen molar-refractivity contribution in [3.8, 4) is 5.69 Å². The van der Waals surface area contributed by atoms with Gasteiger partial charge in [-0.15, -0.1) is 12.4 Å². The number of hydrogen-bond donors (Lipinski definition) is 2. The molecule has 1 atom stereocenters. The fraction of sp³-hybridized carbons (Fsp3) is 0.375. The van der Waals surface area contributed by atoms with Gasteiger partial charge in [0.15, 0.2) is 5.69 Å². The Kier molecular flexibility index (Phi) is 6.10. The lowest BCUT2D eigenvalue weighted by atomic mass is 10.1. The van der Waals surface area contributed by atoms with E-state index in [2.05, 4.69) is 15.7 Å². The summed E-state index contributed by atoms with van der Waals surface area (Å²) in [5.41, 5.74) is 0.109. The summed E-state index contributed by atoms with van der Waals surface area (Å²) in [6.45, 7) is -0.403. The van der Waals surface area contributed by atoms with Crippen LogP contribution in [-0.2, 0) is 17.5 Å². The SMILES string of the molecule is Cl.O=C(NCc1ccc(-n2ccc(C(F)(F)F)n2)cc1)C1CC(F)(F)CN1. The third-order valence-corrected chi connectivity index (χ3v) is 3.97. The summed E-state index contributed by atoms with van der Waals surface area (Å²) in [5.74, 6) is -3.41. The van der Waals surface area contributed by atoms with Crippen LogP contribution in [0.5, 0.6) is 0 Å². The second-order valence-electron chi connectivity index (χ2n) is 6.02. The highest BCUT2D eigenvalue weighted by Gasteiger charge is 2.42. The van der Waals surface area contributed by atoms with Gasteiger partial charge in [0, 0.05) is 19.2 Å². The molecule has 27 heavy (non-hydrogen) atoms. The van der Waals surface area contributed by atoms with Crippen molar-refractivity contribution in [3.63, 3.8) is 0 Å². The van der Waals surface area contributed by atoms with Crippen LogP contribution in [0, 0.1) is 0 Å². The van der Waals surface area contributed by atoms with E-state index in [0.29, 0.717) is 11.3 Å². The topological polar surface area (TPSA) is 59.0 Å². The van der Waals surface area contributed by atoms with Crippen LogP contribution in [0.4, 0.5) is 22.0 Å². The molecule has 0 spiro atoms. The van der Waals surface area contributed by atoms with E-state index in [4.69, 9.17) is 0 Å². The van der Waals surface area contributed by atoms with Crippen molar-refractivity contribution < 1.29 is 26.7 Å². The number of nitrogens with zero attached hydrogens (tertiary/aromatic N) is 2. The molecular formula is C16H16ClF5N4O. The van der Waals surface area contributed by atoms with Gasteiger partial charge in [-0.3, -0.25) is 10.1 Å². The van der Waals surface area contributed by atoms with Crippen LogP contribution in [0.2, 0.25) is 0 Å². The minimum atomic E-state index is -4.51. The average Bonchev–Trinajstić information content (AvgIpc) is 3.19. The molecule has 1 saturated heterocycles. The number of carbonyl (C=O) groups excluding carboxylic acids is 1. The lowest BCUT2D eigenvalue weighted by Crippen LogP contribution is -2.40. The lowest BCUT2D eigenvalue weighted by molar-refractivity contribution is -0.141. The first kappa shape index (κ1) is 21.1. The molecule has 0 aliphatic carbocycles. The Morgan fingerprint density at radius 2 is 1.93 bits per heavy atom. The summed E-state index contributed by atoms with van der Waals surface area (Å²) in [6.07, 6.45) is -3.86. The summed E-state index contributed by atoms with van der Waals surface area (Å²) in [5, 5.41) is 8.48. The van der Waals surface area contributed by atoms with E-state index < -0.39 is 42.7 Å². The van der Waals surface area contributed by atoms with Crippen molar-refractivity contribution in [3.05, 3.63) is 47.8 Å². The maximum absolute atomic E-state index is 13.1. The van der Waals surface area contributed by atoms with Gasteiger partial charge in [0.05, 0.1) is 18.3 Å². The summed E-state index contributed by atoms with van der Waals surface area (Å²) in [7, 11) is 0. The first-order valence-electron chi connectivity index (χ1n) is 7.75. The Hall–Kier alpha value is -2.20. The number of amides is 1. The van der Waals surface area contributed by atoms with Crippen molar-refractivity contribution in [2.45, 2.75) is 31.1 Å². The summed E-state index contributed by atoms with van der Waals surface area (Å²) in [6, 6.07) is 6.27. The smallest absolute Gasteiger partial charge is 0.351 e. The first-order chi connectivity index (χ1) is 12.1. The van der Waals surface area contributed by atoms with Gasteiger partial charge in [0.1, 0.15) is 0 Å². The molecule has 2 N–H and O–H groups in total. The molecule has 1 fully saturated rings. The summed E-state index contributed by atoms with van der Waals surface area (Å²) in [4.78, 5) is 11.9. The van der Waals surface area contributed by atoms with Gasteiger partial charge < -0.3 is 5.32 Å². The molecule has 2 aromatic rings. The number of nitrogens with one attached hydrogen (secondary N) is 2. The number of hydrogen-bond acceptors (Lipinski definition) is 3. The van der Waals surface area contributed by atoms with Crippen LogP contribution >= 0.6 is 12.4 Å². The van der Waals surface area contributed by atoms with E-state index in [1.807, 2.05) is 0 Å². The molecule has 1 aliphatic heterocycles. The molecule has 1 unspecified atom stereocenters. The second-order valence-corrected chi connectivity index (χ2v) is 6.02. The zero-order valence-corrected chi connectivity index (χ0v) is 14.6. The quantitative estimate of drug-likeness (QED) is 0.762. The number of halogens is 6. The molecule has 0 bridgehead atoms. The Bertz CT molecular complexity index is 791. The van der Waals surface area contributed by atoms with Crippen molar-refractivity contribution >= 4 is 18.3 Å². The van der Waals surface area contributed by atoms with E-state index in [-0.39, 0.29) is 19.0 Å². The van der Waals surface area contributed by atoms with Crippen molar-refractivity contribution in [2.24, 2.45) is 0 Å². The molecular weight excluding hydrogens is 395 g/mol. The molecule has 1 aliphatic rings. The number of carbonyl (C=O) groups is 1. The Labute approximate surface area is 157 Å². The minimum absolute atomic E-state index is 0. The fourth-order valence-electron chi connectivity index (χ4n) is 2.60. The molecule has 1 aromatic heterocycles. The highest BCUT2D eigenvalue weighted by molar-refractivity contribution is 5.85. The monoisotopic (exact) mass is 410 g/mol. The maximum atomic E-state index is 13.1. The zero-order valence-electron chi connectivity index (χ0n) is 13.8. The second kappa shape index (κ2) is 7.81. The molecule has 3 rings (SSSR count). The maximum Gasteiger partial charge on any atom is 0.435 e. The molecule has 11 heteroatoms. The van der Waals surface area contributed by atoms with E-state index in [9.17, 15) is 26.7 Å². The summed E-state index contributed by atoms with van der Waals surface area (Å²) >= 11 is 0. The van der Waals surface area contributed by atoms with Crippen LogP contribution in [-0.4, -0.2) is 34.2 Å². The predicted molar refractivity (Wildman–Crippen MR) is 89.0 cm³/mol. The largest absolute Gasteiger partial charge is 0.435 e. The predicted octanol–water partition coefficient (Wildman–Crippen LogP) is 2.93. The normalized spacial score (nSPS) is 18.8. The van der Waals surface area contributed by atoms with E-state index in [1.54, 1.807) is 24.3 Å². The van der Waals surface area contributed by atoms with Crippen LogP contribution in [0.3, 0.4) is 0 Å². The average molecular weight is 411 g/mol. The molecule has 5 nitrogen and oxygen atoms in total. The van der Waals surface area contributed by atoms with Gasteiger partial charge in [-0.05, 0) is 23.8 Å². The number of aromatic nitrogens is 2. The van der Waals surface area contributed by atoms with Crippen LogP contribution < -0.4 is 10.6 Å². The van der Waals surface area contributed by atoms with Crippen molar-refractivity contribution in [2.75, 3.05) is 6.54 Å². The van der Waals surface area contributed by atoms with E-state index in [1.165, 1.54) is 6.20 Å². The number of alkyl halides is 5. The van der Waals surface area contributed by atoms with E-state index >= 15 is 0 Å². The number of benzene rings is 1. The molecule has 0 radical (unpaired) electrons. The van der Waals surface area contributed by atoms with Gasteiger partial charge in [-0.25, -0.2) is 13.5 Å². The van der Waals surface area contributed by atoms with Gasteiger partial charge >= 0.3 is 6.18 Å². The number of rotatable bonds is 4. The van der Waals surface area contributed by atoms with Gasteiger partial charge in [-0.2, -0.15) is 18.3 Å². The van der Waals surface area contributed by atoms with Gasteiger partial charge in [0.2, 0.25) is 5.91 Å². The highest BCUT2D eigenvalue weighted by Crippen LogP contribution is 2.28. The standard InChI is InChI=1S/C16H15F5N4O.ClH/c17-15(18)7-12(23-9-15)14(26)22-8-10-1-3-11(4-2-10)25-6-5-13(24-25)16(19,20)21;/h1-6,12,23H,7-9H2,(H,22,26);1H. The van der Waals surface area contributed by atoms with Crippen molar-refractivity contribution in [1.82, 2.24) is 20.4 Å². The third kappa shape index (κ3) is 5.16. The molecule has 0 saturated carbocycles. The van der Waals surface area contributed by atoms with Crippen LogP contribution in [0.25, 0.3) is 5.69 Å². The molecule has 148 valence electrons. The fourth-order valence-corrected chi connectivity index (χ4v) is 2.60. The molecule has 2 heterocycles. The van der Waals surface area contributed by atoms with Crippen LogP contribution in [0.15, 0.2) is 36.5 Å². The third-order valence-electron chi connectivity index (χ3n) is 3.97. The minimum Gasteiger partial charge on any atom is -0.351 e. The van der Waals surface area contributed by atoms with Crippen molar-refractivity contribution in [1.29, 1.82) is 0 Å². The zero-order chi connectivity index (χ0) is 18.9. The first-order valence-corrected chi connectivity index (χ1v) is 7.75. The molecule has 1 amide bonds. The van der Waals surface area contributed by atoms with E-state index in [0.717, 1.165) is 10.7 Å². The Morgan fingerprint density at radius 3 is 2.44 bits per heavy atom.